The van der Waals surface area contributed by atoms with Gasteiger partial charge in [-0.25, -0.2) is 4.39 Å². The van der Waals surface area contributed by atoms with Crippen molar-refractivity contribution in [2.45, 2.75) is 12.5 Å². The molecule has 90 valence electrons. The summed E-state index contributed by atoms with van der Waals surface area (Å²) in [6, 6.07) is 9.17. The van der Waals surface area contributed by atoms with Gasteiger partial charge in [0.05, 0.1) is 0 Å². The summed E-state index contributed by atoms with van der Waals surface area (Å²) in [5, 5.41) is 5.32. The van der Waals surface area contributed by atoms with Gasteiger partial charge in [0.1, 0.15) is 5.82 Å². The molecular weight excluding hydrogens is 301 g/mol. The molecule has 1 atom stereocenters. The highest BCUT2D eigenvalue weighted by Crippen LogP contribution is 2.26. The number of hydrogen-bond acceptors (Lipinski definition) is 2. The Hall–Kier alpha value is -0.710. The summed E-state index contributed by atoms with van der Waals surface area (Å²) in [5.41, 5.74) is 0.984. The first-order valence-corrected chi connectivity index (χ1v) is 7.02. The molecule has 1 nitrogen and oxygen atoms in total. The molecule has 1 unspecified atom stereocenters. The number of rotatable bonds is 4. The van der Waals surface area contributed by atoms with Gasteiger partial charge >= 0.3 is 0 Å². The molecule has 0 saturated heterocycles. The lowest BCUT2D eigenvalue weighted by Gasteiger charge is -2.15. The van der Waals surface area contributed by atoms with Crippen molar-refractivity contribution in [3.63, 3.8) is 0 Å². The Morgan fingerprint density at radius 1 is 1.41 bits per heavy atom. The van der Waals surface area contributed by atoms with Crippen molar-refractivity contribution in [3.8, 4) is 0 Å². The minimum Gasteiger partial charge on any atom is -0.312 e. The molecule has 0 radical (unpaired) electrons. The van der Waals surface area contributed by atoms with Crippen LogP contribution in [0.4, 0.5) is 4.39 Å². The van der Waals surface area contributed by atoms with Crippen LogP contribution in [0.15, 0.2) is 40.2 Å². The number of hydrogen-bond donors (Lipinski definition) is 1. The summed E-state index contributed by atoms with van der Waals surface area (Å²) in [5.74, 6) is -0.191. The molecule has 0 saturated carbocycles. The Bertz CT molecular complexity index is 484. The molecule has 0 fully saturated rings. The summed E-state index contributed by atoms with van der Waals surface area (Å²) in [6.45, 7) is 0. The van der Waals surface area contributed by atoms with E-state index in [1.54, 1.807) is 23.5 Å². The number of halogens is 2. The van der Waals surface area contributed by atoms with Crippen LogP contribution in [0.5, 0.6) is 0 Å². The van der Waals surface area contributed by atoms with Crippen molar-refractivity contribution in [1.82, 2.24) is 5.32 Å². The fraction of sp³-hybridized carbons (Fsp3) is 0.231. The van der Waals surface area contributed by atoms with Gasteiger partial charge in [-0.2, -0.15) is 0 Å². The van der Waals surface area contributed by atoms with Crippen molar-refractivity contribution in [1.29, 1.82) is 0 Å². The summed E-state index contributed by atoms with van der Waals surface area (Å²) >= 11 is 5.17. The van der Waals surface area contributed by atoms with Crippen LogP contribution in [0.3, 0.4) is 0 Å². The molecule has 0 bridgehead atoms. The first-order valence-electron chi connectivity index (χ1n) is 5.35. The van der Waals surface area contributed by atoms with Crippen molar-refractivity contribution in [2.24, 2.45) is 0 Å². The van der Waals surface area contributed by atoms with Crippen molar-refractivity contribution in [2.75, 3.05) is 7.05 Å². The highest BCUT2D eigenvalue weighted by atomic mass is 79.9. The monoisotopic (exact) mass is 313 g/mol. The molecule has 0 amide bonds. The molecular formula is C13H13BrFNS. The van der Waals surface area contributed by atoms with Crippen LogP contribution in [0, 0.1) is 5.82 Å². The summed E-state index contributed by atoms with van der Waals surface area (Å²) in [6.07, 6.45) is 0.773. The number of benzene rings is 1. The van der Waals surface area contributed by atoms with Gasteiger partial charge in [0, 0.05) is 15.4 Å². The maximum Gasteiger partial charge on any atom is 0.123 e. The van der Waals surface area contributed by atoms with Crippen LogP contribution in [0.25, 0.3) is 0 Å². The predicted octanol–water partition coefficient (Wildman–Crippen LogP) is 4.15. The molecule has 2 rings (SSSR count). The van der Waals surface area contributed by atoms with E-state index in [1.807, 2.05) is 13.1 Å². The third-order valence-corrected chi connectivity index (χ3v) is 4.43. The van der Waals surface area contributed by atoms with Gasteiger partial charge in [-0.15, -0.1) is 11.3 Å². The first-order chi connectivity index (χ1) is 8.20. The van der Waals surface area contributed by atoms with Gasteiger partial charge in [0.15, 0.2) is 0 Å². The van der Waals surface area contributed by atoms with E-state index in [4.69, 9.17) is 0 Å². The lowest BCUT2D eigenvalue weighted by atomic mass is 10.0. The number of likely N-dealkylation sites (N-methyl/N-ethyl adjacent to an activating group) is 1. The van der Waals surface area contributed by atoms with E-state index < -0.39 is 0 Å². The van der Waals surface area contributed by atoms with Crippen LogP contribution in [0.2, 0.25) is 0 Å². The molecule has 0 spiro atoms. The van der Waals surface area contributed by atoms with E-state index >= 15 is 0 Å². The second-order valence-corrected chi connectivity index (χ2v) is 5.63. The fourth-order valence-electron chi connectivity index (χ4n) is 1.75. The highest BCUT2D eigenvalue weighted by molar-refractivity contribution is 9.10. The smallest absolute Gasteiger partial charge is 0.123 e. The Labute approximate surface area is 113 Å². The number of thiophene rings is 1. The molecule has 1 aromatic carbocycles. The summed E-state index contributed by atoms with van der Waals surface area (Å²) in [7, 11) is 1.93. The maximum absolute atomic E-state index is 13.2. The van der Waals surface area contributed by atoms with Gasteiger partial charge in [-0.05, 0) is 48.7 Å². The SMILES string of the molecule is CNC(Cc1cc(F)ccc1Br)c1cccs1. The summed E-state index contributed by atoms with van der Waals surface area (Å²) < 4.78 is 14.2. The third kappa shape index (κ3) is 3.15. The van der Waals surface area contributed by atoms with Gasteiger partial charge in [0.25, 0.3) is 0 Å². The molecule has 1 heterocycles. The van der Waals surface area contributed by atoms with E-state index in [0.717, 1.165) is 16.5 Å². The molecule has 1 aromatic heterocycles. The molecule has 0 aliphatic rings. The quantitative estimate of drug-likeness (QED) is 0.894. The van der Waals surface area contributed by atoms with Crippen LogP contribution >= 0.6 is 27.3 Å². The standard InChI is InChI=1S/C13H13BrFNS/c1-16-12(13-3-2-6-17-13)8-9-7-10(15)4-5-11(9)14/h2-7,12,16H,8H2,1H3. The average molecular weight is 314 g/mol. The maximum atomic E-state index is 13.2. The van der Waals surface area contributed by atoms with Gasteiger partial charge < -0.3 is 5.32 Å². The summed E-state index contributed by atoms with van der Waals surface area (Å²) in [4.78, 5) is 1.27. The Balaban J connectivity index is 2.21. The molecule has 4 heteroatoms. The second-order valence-electron chi connectivity index (χ2n) is 3.80. The van der Waals surface area contributed by atoms with E-state index in [9.17, 15) is 4.39 Å². The average Bonchev–Trinajstić information content (AvgIpc) is 2.84. The van der Waals surface area contributed by atoms with Crippen molar-refractivity contribution >= 4 is 27.3 Å². The second kappa shape index (κ2) is 5.76. The van der Waals surface area contributed by atoms with Gasteiger partial charge in [-0.1, -0.05) is 22.0 Å². The molecule has 0 aliphatic heterocycles. The largest absolute Gasteiger partial charge is 0.312 e. The minimum absolute atomic E-state index is 0.191. The van der Waals surface area contributed by atoms with Crippen LogP contribution < -0.4 is 5.32 Å². The Morgan fingerprint density at radius 2 is 2.24 bits per heavy atom. The molecule has 1 N–H and O–H groups in total. The Kier molecular flexibility index (Phi) is 4.31. The normalized spacial score (nSPS) is 12.6. The van der Waals surface area contributed by atoms with Crippen molar-refractivity contribution in [3.05, 3.63) is 56.4 Å². The highest BCUT2D eigenvalue weighted by Gasteiger charge is 2.13. The topological polar surface area (TPSA) is 12.0 Å². The van der Waals surface area contributed by atoms with E-state index in [0.29, 0.717) is 0 Å². The number of nitrogens with one attached hydrogen (secondary N) is 1. The molecule has 0 aliphatic carbocycles. The van der Waals surface area contributed by atoms with E-state index in [1.165, 1.54) is 10.9 Å². The van der Waals surface area contributed by atoms with E-state index in [2.05, 4.69) is 32.7 Å². The van der Waals surface area contributed by atoms with Gasteiger partial charge in [0.2, 0.25) is 0 Å². The molecule has 17 heavy (non-hydrogen) atoms. The van der Waals surface area contributed by atoms with E-state index in [-0.39, 0.29) is 11.9 Å². The third-order valence-electron chi connectivity index (χ3n) is 2.67. The van der Waals surface area contributed by atoms with Crippen LogP contribution in [-0.2, 0) is 6.42 Å². The molecule has 2 aromatic rings. The van der Waals surface area contributed by atoms with Crippen molar-refractivity contribution < 1.29 is 4.39 Å². The first kappa shape index (κ1) is 12.7. The zero-order valence-corrected chi connectivity index (χ0v) is 11.8. The zero-order valence-electron chi connectivity index (χ0n) is 9.41. The van der Waals surface area contributed by atoms with Gasteiger partial charge in [-0.3, -0.25) is 0 Å². The minimum atomic E-state index is -0.191. The van der Waals surface area contributed by atoms with Crippen LogP contribution in [-0.4, -0.2) is 7.05 Å². The Morgan fingerprint density at radius 3 is 2.88 bits per heavy atom. The predicted molar refractivity (Wildman–Crippen MR) is 73.9 cm³/mol. The van der Waals surface area contributed by atoms with Crippen LogP contribution in [0.1, 0.15) is 16.5 Å². The lowest BCUT2D eigenvalue weighted by Crippen LogP contribution is -2.17. The lowest BCUT2D eigenvalue weighted by molar-refractivity contribution is 0.590. The fourth-order valence-corrected chi connectivity index (χ4v) is 3.00. The zero-order chi connectivity index (χ0) is 12.3.